The Labute approximate surface area is 85.8 Å². The van der Waals surface area contributed by atoms with Crippen LogP contribution < -0.4 is 0 Å². The quantitative estimate of drug-likeness (QED) is 0.645. The SMILES string of the molecule is SC1CCC(c2ccccc2)CC1. The molecule has 2 rings (SSSR count). The third-order valence-corrected chi connectivity index (χ3v) is 3.48. The molecule has 0 nitrogen and oxygen atoms in total. The van der Waals surface area contributed by atoms with Gasteiger partial charge < -0.3 is 0 Å². The van der Waals surface area contributed by atoms with E-state index in [1.165, 1.54) is 31.2 Å². The topological polar surface area (TPSA) is 0 Å². The molecular formula is C12H16S. The lowest BCUT2D eigenvalue weighted by molar-refractivity contribution is 0.454. The van der Waals surface area contributed by atoms with E-state index in [9.17, 15) is 0 Å². The average molecular weight is 192 g/mol. The van der Waals surface area contributed by atoms with Crippen LogP contribution in [0.4, 0.5) is 0 Å². The zero-order valence-corrected chi connectivity index (χ0v) is 8.71. The molecule has 70 valence electrons. The lowest BCUT2D eigenvalue weighted by atomic mass is 9.84. The summed E-state index contributed by atoms with van der Waals surface area (Å²) in [5.41, 5.74) is 1.52. The summed E-state index contributed by atoms with van der Waals surface area (Å²) in [6.45, 7) is 0. The van der Waals surface area contributed by atoms with Crippen molar-refractivity contribution >= 4 is 12.6 Å². The van der Waals surface area contributed by atoms with Crippen LogP contribution in [-0.2, 0) is 0 Å². The van der Waals surface area contributed by atoms with E-state index in [-0.39, 0.29) is 0 Å². The minimum absolute atomic E-state index is 0.653. The summed E-state index contributed by atoms with van der Waals surface area (Å²) in [5.74, 6) is 0.796. The Morgan fingerprint density at radius 3 is 2.15 bits per heavy atom. The van der Waals surface area contributed by atoms with Crippen LogP contribution in [0.2, 0.25) is 0 Å². The van der Waals surface area contributed by atoms with Gasteiger partial charge >= 0.3 is 0 Å². The van der Waals surface area contributed by atoms with E-state index in [1.54, 1.807) is 0 Å². The van der Waals surface area contributed by atoms with Gasteiger partial charge in [-0.1, -0.05) is 30.3 Å². The fourth-order valence-corrected chi connectivity index (χ4v) is 2.43. The minimum atomic E-state index is 0.653. The molecule has 1 heteroatoms. The molecule has 0 bridgehead atoms. The van der Waals surface area contributed by atoms with Gasteiger partial charge in [0.05, 0.1) is 0 Å². The normalized spacial score (nSPS) is 28.7. The van der Waals surface area contributed by atoms with Crippen LogP contribution in [0.25, 0.3) is 0 Å². The van der Waals surface area contributed by atoms with Crippen LogP contribution in [-0.4, -0.2) is 5.25 Å². The Morgan fingerprint density at radius 2 is 1.54 bits per heavy atom. The minimum Gasteiger partial charge on any atom is -0.176 e. The predicted molar refractivity (Wildman–Crippen MR) is 60.4 cm³/mol. The number of thiol groups is 1. The number of hydrogen-bond acceptors (Lipinski definition) is 1. The van der Waals surface area contributed by atoms with Crippen LogP contribution in [0.5, 0.6) is 0 Å². The highest BCUT2D eigenvalue weighted by atomic mass is 32.1. The van der Waals surface area contributed by atoms with Gasteiger partial charge in [0.1, 0.15) is 0 Å². The van der Waals surface area contributed by atoms with Crippen molar-refractivity contribution in [3.63, 3.8) is 0 Å². The van der Waals surface area contributed by atoms with E-state index in [1.807, 2.05) is 0 Å². The smallest absolute Gasteiger partial charge is 0.00172 e. The van der Waals surface area contributed by atoms with E-state index in [0.717, 1.165) is 5.92 Å². The summed E-state index contributed by atoms with van der Waals surface area (Å²) in [5, 5.41) is 0.653. The Morgan fingerprint density at radius 1 is 0.923 bits per heavy atom. The lowest BCUT2D eigenvalue weighted by Crippen LogP contribution is -2.12. The van der Waals surface area contributed by atoms with Crippen molar-refractivity contribution in [3.05, 3.63) is 35.9 Å². The Kier molecular flexibility index (Phi) is 2.94. The van der Waals surface area contributed by atoms with Gasteiger partial charge in [0.25, 0.3) is 0 Å². The first kappa shape index (κ1) is 9.14. The Balaban J connectivity index is 2.03. The average Bonchev–Trinajstić information content (AvgIpc) is 2.20. The van der Waals surface area contributed by atoms with Crippen molar-refractivity contribution < 1.29 is 0 Å². The maximum absolute atomic E-state index is 4.51. The summed E-state index contributed by atoms with van der Waals surface area (Å²) in [6.07, 6.45) is 5.20. The van der Waals surface area contributed by atoms with E-state index in [2.05, 4.69) is 43.0 Å². The fraction of sp³-hybridized carbons (Fsp3) is 0.500. The summed E-state index contributed by atoms with van der Waals surface area (Å²) < 4.78 is 0. The number of hydrogen-bond donors (Lipinski definition) is 1. The molecule has 0 aliphatic heterocycles. The standard InChI is InChI=1S/C12H16S/c13-12-8-6-11(7-9-12)10-4-2-1-3-5-10/h1-5,11-13H,6-9H2. The maximum Gasteiger partial charge on any atom is 0.00172 e. The van der Waals surface area contributed by atoms with Crippen molar-refractivity contribution in [2.24, 2.45) is 0 Å². The predicted octanol–water partition coefficient (Wildman–Crippen LogP) is 3.64. The highest BCUT2D eigenvalue weighted by Crippen LogP contribution is 2.34. The second-order valence-electron chi connectivity index (χ2n) is 3.92. The molecule has 1 aliphatic carbocycles. The Bertz CT molecular complexity index is 247. The third-order valence-electron chi connectivity index (χ3n) is 2.97. The van der Waals surface area contributed by atoms with Gasteiger partial charge in [-0.05, 0) is 37.2 Å². The lowest BCUT2D eigenvalue weighted by Gasteiger charge is -2.25. The monoisotopic (exact) mass is 192 g/mol. The van der Waals surface area contributed by atoms with Crippen LogP contribution >= 0.6 is 12.6 Å². The van der Waals surface area contributed by atoms with E-state index < -0.39 is 0 Å². The van der Waals surface area contributed by atoms with Gasteiger partial charge in [-0.25, -0.2) is 0 Å². The molecule has 0 N–H and O–H groups in total. The first-order valence-corrected chi connectivity index (χ1v) is 5.61. The molecule has 1 aromatic rings. The molecular weight excluding hydrogens is 176 g/mol. The molecule has 1 saturated carbocycles. The summed E-state index contributed by atoms with van der Waals surface area (Å²) in [7, 11) is 0. The molecule has 0 heterocycles. The molecule has 0 aromatic heterocycles. The van der Waals surface area contributed by atoms with E-state index in [0.29, 0.717) is 5.25 Å². The van der Waals surface area contributed by atoms with E-state index >= 15 is 0 Å². The maximum atomic E-state index is 4.51. The highest BCUT2D eigenvalue weighted by molar-refractivity contribution is 7.80. The summed E-state index contributed by atoms with van der Waals surface area (Å²) in [4.78, 5) is 0. The second-order valence-corrected chi connectivity index (χ2v) is 4.65. The second kappa shape index (κ2) is 4.19. The van der Waals surface area contributed by atoms with Crippen molar-refractivity contribution in [3.8, 4) is 0 Å². The fourth-order valence-electron chi connectivity index (χ4n) is 2.13. The third kappa shape index (κ3) is 2.28. The van der Waals surface area contributed by atoms with Crippen molar-refractivity contribution in [2.45, 2.75) is 36.9 Å². The van der Waals surface area contributed by atoms with Crippen LogP contribution in [0, 0.1) is 0 Å². The van der Waals surface area contributed by atoms with Gasteiger partial charge in [0.15, 0.2) is 0 Å². The largest absolute Gasteiger partial charge is 0.176 e. The number of rotatable bonds is 1. The molecule has 1 aromatic carbocycles. The molecule has 0 amide bonds. The van der Waals surface area contributed by atoms with Gasteiger partial charge in [-0.3, -0.25) is 0 Å². The van der Waals surface area contributed by atoms with Crippen LogP contribution in [0.1, 0.15) is 37.2 Å². The van der Waals surface area contributed by atoms with Gasteiger partial charge in [-0.2, -0.15) is 12.6 Å². The molecule has 0 saturated heterocycles. The van der Waals surface area contributed by atoms with Gasteiger partial charge in [0.2, 0.25) is 0 Å². The molecule has 0 radical (unpaired) electrons. The molecule has 0 unspecified atom stereocenters. The highest BCUT2D eigenvalue weighted by Gasteiger charge is 2.19. The zero-order valence-electron chi connectivity index (χ0n) is 7.82. The van der Waals surface area contributed by atoms with E-state index in [4.69, 9.17) is 0 Å². The molecule has 13 heavy (non-hydrogen) atoms. The molecule has 0 spiro atoms. The summed E-state index contributed by atoms with van der Waals surface area (Å²) in [6, 6.07) is 10.9. The molecule has 0 atom stereocenters. The van der Waals surface area contributed by atoms with Crippen molar-refractivity contribution in [1.82, 2.24) is 0 Å². The van der Waals surface area contributed by atoms with Crippen molar-refractivity contribution in [2.75, 3.05) is 0 Å². The first-order valence-electron chi connectivity index (χ1n) is 5.09. The van der Waals surface area contributed by atoms with Crippen LogP contribution in [0.15, 0.2) is 30.3 Å². The van der Waals surface area contributed by atoms with Gasteiger partial charge in [0, 0.05) is 5.25 Å². The zero-order chi connectivity index (χ0) is 9.10. The first-order chi connectivity index (χ1) is 6.36. The molecule has 1 aliphatic rings. The molecule has 1 fully saturated rings. The number of benzene rings is 1. The van der Waals surface area contributed by atoms with Gasteiger partial charge in [-0.15, -0.1) is 0 Å². The summed E-state index contributed by atoms with van der Waals surface area (Å²) >= 11 is 4.51. The van der Waals surface area contributed by atoms with Crippen molar-refractivity contribution in [1.29, 1.82) is 0 Å². The van der Waals surface area contributed by atoms with Crippen LogP contribution in [0.3, 0.4) is 0 Å². The Hall–Kier alpha value is -0.430.